The van der Waals surface area contributed by atoms with Crippen molar-refractivity contribution < 1.29 is 14.3 Å². The summed E-state index contributed by atoms with van der Waals surface area (Å²) in [4.78, 5) is 28.0. The maximum Gasteiger partial charge on any atom is 0.319 e. The Balaban J connectivity index is 1.75. The lowest BCUT2D eigenvalue weighted by molar-refractivity contribution is -0.131. The zero-order valence-corrected chi connectivity index (χ0v) is 13.1. The second-order valence-corrected chi connectivity index (χ2v) is 5.73. The van der Waals surface area contributed by atoms with Crippen LogP contribution < -0.4 is 5.32 Å². The summed E-state index contributed by atoms with van der Waals surface area (Å²) < 4.78 is 5.39. The molecule has 2 rings (SSSR count). The van der Waals surface area contributed by atoms with Gasteiger partial charge in [0.05, 0.1) is 0 Å². The highest BCUT2D eigenvalue weighted by Crippen LogP contribution is 2.15. The van der Waals surface area contributed by atoms with Crippen LogP contribution in [0.5, 0.6) is 0 Å². The van der Waals surface area contributed by atoms with E-state index in [0.717, 1.165) is 38.8 Å². The maximum atomic E-state index is 12.2. The van der Waals surface area contributed by atoms with E-state index in [1.165, 1.54) is 0 Å². The van der Waals surface area contributed by atoms with Crippen LogP contribution >= 0.6 is 0 Å². The summed E-state index contributed by atoms with van der Waals surface area (Å²) in [6, 6.07) is 0.284. The third kappa shape index (κ3) is 4.09. The number of rotatable bonds is 4. The molecule has 0 saturated carbocycles. The molecule has 0 aromatic rings. The van der Waals surface area contributed by atoms with E-state index in [4.69, 9.17) is 4.74 Å². The Morgan fingerprint density at radius 1 is 1.19 bits per heavy atom. The monoisotopic (exact) mass is 297 g/mol. The highest BCUT2D eigenvalue weighted by Gasteiger charge is 2.29. The molecular weight excluding hydrogens is 270 g/mol. The molecule has 21 heavy (non-hydrogen) atoms. The molecule has 0 bridgehead atoms. The quantitative estimate of drug-likeness (QED) is 0.848. The van der Waals surface area contributed by atoms with Gasteiger partial charge in [0, 0.05) is 38.8 Å². The standard InChI is InChI=1S/C15H27N3O3/c1-3-17(4-2)15(20)18-9-7-12(8-10-18)16-14(19)13-6-5-11-21-13/h12-13H,3-11H2,1-2H3,(H,16,19). The average molecular weight is 297 g/mol. The number of likely N-dealkylation sites (tertiary alicyclic amines) is 1. The highest BCUT2D eigenvalue weighted by molar-refractivity contribution is 5.81. The molecule has 1 N–H and O–H groups in total. The number of hydrogen-bond donors (Lipinski definition) is 1. The lowest BCUT2D eigenvalue weighted by atomic mass is 10.0. The molecule has 3 amide bonds. The van der Waals surface area contributed by atoms with E-state index < -0.39 is 0 Å². The molecule has 6 heteroatoms. The molecule has 2 aliphatic rings. The van der Waals surface area contributed by atoms with Crippen molar-refractivity contribution in [3.63, 3.8) is 0 Å². The van der Waals surface area contributed by atoms with Gasteiger partial charge in [-0.15, -0.1) is 0 Å². The second-order valence-electron chi connectivity index (χ2n) is 5.73. The van der Waals surface area contributed by atoms with Gasteiger partial charge in [-0.25, -0.2) is 4.79 Å². The minimum absolute atomic E-state index is 0.0148. The van der Waals surface area contributed by atoms with E-state index in [-0.39, 0.29) is 24.1 Å². The van der Waals surface area contributed by atoms with Gasteiger partial charge in [-0.3, -0.25) is 4.79 Å². The Bertz CT molecular complexity index is 357. The molecule has 0 aromatic carbocycles. The zero-order valence-electron chi connectivity index (χ0n) is 13.1. The van der Waals surface area contributed by atoms with Crippen LogP contribution in [0, 0.1) is 0 Å². The van der Waals surface area contributed by atoms with Crippen LogP contribution in [0.15, 0.2) is 0 Å². The van der Waals surface area contributed by atoms with E-state index in [1.807, 2.05) is 23.6 Å². The lowest BCUT2D eigenvalue weighted by Gasteiger charge is -2.35. The summed E-state index contributed by atoms with van der Waals surface area (Å²) in [5.41, 5.74) is 0. The summed E-state index contributed by atoms with van der Waals surface area (Å²) in [5, 5.41) is 3.06. The Hall–Kier alpha value is -1.30. The van der Waals surface area contributed by atoms with Crippen molar-refractivity contribution in [1.82, 2.24) is 15.1 Å². The van der Waals surface area contributed by atoms with Crippen molar-refractivity contribution in [3.05, 3.63) is 0 Å². The molecule has 2 fully saturated rings. The number of amides is 3. The van der Waals surface area contributed by atoms with Crippen molar-refractivity contribution in [2.75, 3.05) is 32.8 Å². The first-order valence-corrected chi connectivity index (χ1v) is 8.11. The summed E-state index contributed by atoms with van der Waals surface area (Å²) in [7, 11) is 0. The predicted molar refractivity (Wildman–Crippen MR) is 80.0 cm³/mol. The zero-order chi connectivity index (χ0) is 15.2. The Morgan fingerprint density at radius 3 is 2.38 bits per heavy atom. The first kappa shape index (κ1) is 16.1. The van der Waals surface area contributed by atoms with Crippen LogP contribution in [-0.2, 0) is 9.53 Å². The molecule has 1 atom stereocenters. The largest absolute Gasteiger partial charge is 0.368 e. The van der Waals surface area contributed by atoms with Crippen LogP contribution in [0.2, 0.25) is 0 Å². The van der Waals surface area contributed by atoms with Gasteiger partial charge in [-0.2, -0.15) is 0 Å². The third-order valence-electron chi connectivity index (χ3n) is 4.37. The van der Waals surface area contributed by atoms with E-state index in [9.17, 15) is 9.59 Å². The fourth-order valence-electron chi connectivity index (χ4n) is 2.99. The summed E-state index contributed by atoms with van der Waals surface area (Å²) in [6.07, 6.45) is 3.18. The minimum atomic E-state index is -0.264. The first-order chi connectivity index (χ1) is 10.2. The number of piperidine rings is 1. The van der Waals surface area contributed by atoms with Gasteiger partial charge < -0.3 is 19.9 Å². The molecule has 0 aromatic heterocycles. The molecule has 2 aliphatic heterocycles. The number of carbonyl (C=O) groups is 2. The van der Waals surface area contributed by atoms with E-state index >= 15 is 0 Å². The average Bonchev–Trinajstić information content (AvgIpc) is 3.03. The fraction of sp³-hybridized carbons (Fsp3) is 0.867. The molecule has 2 saturated heterocycles. The number of carbonyl (C=O) groups excluding carboxylic acids is 2. The van der Waals surface area contributed by atoms with E-state index in [2.05, 4.69) is 5.32 Å². The molecule has 2 heterocycles. The molecule has 120 valence electrons. The maximum absolute atomic E-state index is 12.2. The molecule has 1 unspecified atom stereocenters. The summed E-state index contributed by atoms with van der Waals surface area (Å²) >= 11 is 0. The van der Waals surface area contributed by atoms with Gasteiger partial charge in [0.25, 0.3) is 0 Å². The number of ether oxygens (including phenoxy) is 1. The summed E-state index contributed by atoms with van der Waals surface area (Å²) in [6.45, 7) is 7.59. The smallest absolute Gasteiger partial charge is 0.319 e. The molecule has 0 spiro atoms. The highest BCUT2D eigenvalue weighted by atomic mass is 16.5. The normalized spacial score (nSPS) is 23.1. The predicted octanol–water partition coefficient (Wildman–Crippen LogP) is 1.21. The van der Waals surface area contributed by atoms with Crippen LogP contribution in [0.1, 0.15) is 39.5 Å². The molecule has 0 radical (unpaired) electrons. The Morgan fingerprint density at radius 2 is 1.86 bits per heavy atom. The SMILES string of the molecule is CCN(CC)C(=O)N1CCC(NC(=O)C2CCCO2)CC1. The third-order valence-corrected chi connectivity index (χ3v) is 4.37. The van der Waals surface area contributed by atoms with Gasteiger partial charge in [-0.1, -0.05) is 0 Å². The van der Waals surface area contributed by atoms with E-state index in [1.54, 1.807) is 0 Å². The second kappa shape index (κ2) is 7.64. The van der Waals surface area contributed by atoms with Gasteiger partial charge in [0.1, 0.15) is 6.10 Å². The minimum Gasteiger partial charge on any atom is -0.368 e. The van der Waals surface area contributed by atoms with Crippen LogP contribution in [0.4, 0.5) is 4.79 Å². The van der Waals surface area contributed by atoms with Crippen molar-refractivity contribution >= 4 is 11.9 Å². The van der Waals surface area contributed by atoms with Gasteiger partial charge >= 0.3 is 6.03 Å². The fourth-order valence-corrected chi connectivity index (χ4v) is 2.99. The number of nitrogens with zero attached hydrogens (tertiary/aromatic N) is 2. The molecule has 0 aliphatic carbocycles. The molecule has 6 nitrogen and oxygen atoms in total. The van der Waals surface area contributed by atoms with Crippen molar-refractivity contribution in [2.45, 2.75) is 51.7 Å². The van der Waals surface area contributed by atoms with Gasteiger partial charge in [0.15, 0.2) is 0 Å². The number of urea groups is 1. The van der Waals surface area contributed by atoms with Crippen LogP contribution in [0.25, 0.3) is 0 Å². The van der Waals surface area contributed by atoms with Gasteiger partial charge in [-0.05, 0) is 39.5 Å². The number of nitrogens with one attached hydrogen (secondary N) is 1. The van der Waals surface area contributed by atoms with Crippen molar-refractivity contribution in [2.24, 2.45) is 0 Å². The lowest BCUT2D eigenvalue weighted by Crippen LogP contribution is -2.51. The van der Waals surface area contributed by atoms with Gasteiger partial charge in [0.2, 0.25) is 5.91 Å². The Labute approximate surface area is 126 Å². The topological polar surface area (TPSA) is 61.9 Å². The van der Waals surface area contributed by atoms with Crippen molar-refractivity contribution in [1.29, 1.82) is 0 Å². The molecular formula is C15H27N3O3. The van der Waals surface area contributed by atoms with E-state index in [0.29, 0.717) is 19.7 Å². The first-order valence-electron chi connectivity index (χ1n) is 8.11. The van der Waals surface area contributed by atoms with Crippen molar-refractivity contribution in [3.8, 4) is 0 Å². The number of hydrogen-bond acceptors (Lipinski definition) is 3. The van der Waals surface area contributed by atoms with Crippen LogP contribution in [0.3, 0.4) is 0 Å². The van der Waals surface area contributed by atoms with Crippen LogP contribution in [-0.4, -0.2) is 66.7 Å². The summed E-state index contributed by atoms with van der Waals surface area (Å²) in [5.74, 6) is 0.0148. The Kier molecular flexibility index (Phi) is 5.85.